The summed E-state index contributed by atoms with van der Waals surface area (Å²) >= 11 is 0. The van der Waals surface area contributed by atoms with E-state index in [1.54, 1.807) is 7.11 Å². The second-order valence-electron chi connectivity index (χ2n) is 4.99. The SMILES string of the molecule is CCCCn1c(-c2cccc(OC)c2)ccc(CN)c1=O. The molecule has 0 unspecified atom stereocenters. The Kier molecular flexibility index (Phi) is 5.17. The topological polar surface area (TPSA) is 57.2 Å². The average molecular weight is 286 g/mol. The summed E-state index contributed by atoms with van der Waals surface area (Å²) in [6, 6.07) is 11.5. The van der Waals surface area contributed by atoms with Crippen molar-refractivity contribution < 1.29 is 4.74 Å². The van der Waals surface area contributed by atoms with E-state index in [-0.39, 0.29) is 12.1 Å². The summed E-state index contributed by atoms with van der Waals surface area (Å²) in [4.78, 5) is 12.5. The van der Waals surface area contributed by atoms with Crippen molar-refractivity contribution in [1.29, 1.82) is 0 Å². The number of unbranched alkanes of at least 4 members (excludes halogenated alkanes) is 1. The minimum Gasteiger partial charge on any atom is -0.497 e. The summed E-state index contributed by atoms with van der Waals surface area (Å²) in [6.07, 6.45) is 2.00. The molecule has 21 heavy (non-hydrogen) atoms. The molecule has 0 saturated carbocycles. The van der Waals surface area contributed by atoms with E-state index in [0.717, 1.165) is 29.8 Å². The van der Waals surface area contributed by atoms with Crippen LogP contribution in [0.25, 0.3) is 11.3 Å². The second kappa shape index (κ2) is 7.09. The van der Waals surface area contributed by atoms with Crippen LogP contribution in [0.1, 0.15) is 25.3 Å². The lowest BCUT2D eigenvalue weighted by atomic mass is 10.1. The minimum atomic E-state index is 0.00581. The molecule has 0 radical (unpaired) electrons. The molecular weight excluding hydrogens is 264 g/mol. The van der Waals surface area contributed by atoms with Gasteiger partial charge in [-0.2, -0.15) is 0 Å². The maximum Gasteiger partial charge on any atom is 0.255 e. The monoisotopic (exact) mass is 286 g/mol. The van der Waals surface area contributed by atoms with Crippen LogP contribution in [-0.4, -0.2) is 11.7 Å². The molecule has 0 bridgehead atoms. The number of methoxy groups -OCH3 is 1. The van der Waals surface area contributed by atoms with Crippen LogP contribution < -0.4 is 16.0 Å². The molecule has 0 aliphatic rings. The smallest absolute Gasteiger partial charge is 0.255 e. The highest BCUT2D eigenvalue weighted by Crippen LogP contribution is 2.23. The summed E-state index contributed by atoms with van der Waals surface area (Å²) in [5.41, 5.74) is 8.19. The number of rotatable bonds is 6. The van der Waals surface area contributed by atoms with E-state index in [1.807, 2.05) is 41.0 Å². The van der Waals surface area contributed by atoms with Crippen LogP contribution in [0.2, 0.25) is 0 Å². The van der Waals surface area contributed by atoms with Gasteiger partial charge in [0.05, 0.1) is 12.8 Å². The van der Waals surface area contributed by atoms with Gasteiger partial charge < -0.3 is 15.0 Å². The van der Waals surface area contributed by atoms with Gasteiger partial charge in [-0.1, -0.05) is 31.5 Å². The van der Waals surface area contributed by atoms with Crippen LogP contribution in [0.4, 0.5) is 0 Å². The molecule has 1 aromatic carbocycles. The molecule has 4 nitrogen and oxygen atoms in total. The zero-order valence-electron chi connectivity index (χ0n) is 12.6. The van der Waals surface area contributed by atoms with Crippen LogP contribution in [-0.2, 0) is 13.1 Å². The highest BCUT2D eigenvalue weighted by atomic mass is 16.5. The van der Waals surface area contributed by atoms with E-state index in [0.29, 0.717) is 12.1 Å². The number of nitrogens with two attached hydrogens (primary N) is 1. The molecule has 0 aliphatic heterocycles. The zero-order valence-corrected chi connectivity index (χ0v) is 12.6. The van der Waals surface area contributed by atoms with E-state index in [9.17, 15) is 4.79 Å². The number of hydrogen-bond acceptors (Lipinski definition) is 3. The van der Waals surface area contributed by atoms with Gasteiger partial charge in [0.2, 0.25) is 0 Å². The predicted molar refractivity (Wildman–Crippen MR) is 85.5 cm³/mol. The Morgan fingerprint density at radius 1 is 1.24 bits per heavy atom. The maximum atomic E-state index is 12.5. The number of nitrogens with zero attached hydrogens (tertiary/aromatic N) is 1. The molecular formula is C17H22N2O2. The summed E-state index contributed by atoms with van der Waals surface area (Å²) in [5.74, 6) is 0.782. The largest absolute Gasteiger partial charge is 0.497 e. The van der Waals surface area contributed by atoms with Crippen molar-refractivity contribution in [3.63, 3.8) is 0 Å². The number of pyridine rings is 1. The Morgan fingerprint density at radius 2 is 2.05 bits per heavy atom. The Labute approximate surface area is 125 Å². The van der Waals surface area contributed by atoms with E-state index in [1.165, 1.54) is 0 Å². The van der Waals surface area contributed by atoms with Gasteiger partial charge in [-0.05, 0) is 24.6 Å². The molecule has 2 rings (SSSR count). The van der Waals surface area contributed by atoms with Gasteiger partial charge in [0.1, 0.15) is 5.75 Å². The summed E-state index contributed by atoms with van der Waals surface area (Å²) in [7, 11) is 1.64. The van der Waals surface area contributed by atoms with Crippen LogP contribution in [0, 0.1) is 0 Å². The van der Waals surface area contributed by atoms with Gasteiger partial charge in [0.25, 0.3) is 5.56 Å². The molecule has 112 valence electrons. The zero-order chi connectivity index (χ0) is 15.2. The molecule has 0 amide bonds. The fourth-order valence-corrected chi connectivity index (χ4v) is 2.35. The predicted octanol–water partition coefficient (Wildman–Crippen LogP) is 2.78. The Balaban J connectivity index is 2.55. The lowest BCUT2D eigenvalue weighted by Gasteiger charge is -2.15. The first-order valence-electron chi connectivity index (χ1n) is 7.28. The number of aromatic nitrogens is 1. The molecule has 1 aromatic heterocycles. The third kappa shape index (κ3) is 3.34. The van der Waals surface area contributed by atoms with Crippen LogP contribution in [0.15, 0.2) is 41.2 Å². The number of hydrogen-bond donors (Lipinski definition) is 1. The van der Waals surface area contributed by atoms with Crippen molar-refractivity contribution in [2.45, 2.75) is 32.9 Å². The highest BCUT2D eigenvalue weighted by Gasteiger charge is 2.10. The van der Waals surface area contributed by atoms with Gasteiger partial charge in [-0.25, -0.2) is 0 Å². The van der Waals surface area contributed by atoms with Gasteiger partial charge >= 0.3 is 0 Å². The molecule has 0 spiro atoms. The Morgan fingerprint density at radius 3 is 2.71 bits per heavy atom. The fourth-order valence-electron chi connectivity index (χ4n) is 2.35. The van der Waals surface area contributed by atoms with E-state index >= 15 is 0 Å². The van der Waals surface area contributed by atoms with Gasteiger partial charge in [-0.15, -0.1) is 0 Å². The van der Waals surface area contributed by atoms with Gasteiger partial charge in [-0.3, -0.25) is 4.79 Å². The first-order chi connectivity index (χ1) is 10.2. The van der Waals surface area contributed by atoms with E-state index in [4.69, 9.17) is 10.5 Å². The normalized spacial score (nSPS) is 10.6. The van der Waals surface area contributed by atoms with Crippen molar-refractivity contribution in [2.75, 3.05) is 7.11 Å². The van der Waals surface area contributed by atoms with Crippen molar-refractivity contribution in [2.24, 2.45) is 5.73 Å². The standard InChI is InChI=1S/C17H22N2O2/c1-3-4-10-19-16(9-8-14(12-18)17(19)20)13-6-5-7-15(11-13)21-2/h5-9,11H,3-4,10,12,18H2,1-2H3. The quantitative estimate of drug-likeness (QED) is 0.888. The van der Waals surface area contributed by atoms with Crippen molar-refractivity contribution in [3.8, 4) is 17.0 Å². The first-order valence-corrected chi connectivity index (χ1v) is 7.28. The van der Waals surface area contributed by atoms with E-state index < -0.39 is 0 Å². The number of ether oxygens (including phenoxy) is 1. The van der Waals surface area contributed by atoms with Crippen LogP contribution >= 0.6 is 0 Å². The molecule has 0 saturated heterocycles. The minimum absolute atomic E-state index is 0.00581. The highest BCUT2D eigenvalue weighted by molar-refractivity contribution is 5.62. The fraction of sp³-hybridized carbons (Fsp3) is 0.353. The molecule has 4 heteroatoms. The van der Waals surface area contributed by atoms with Crippen molar-refractivity contribution in [1.82, 2.24) is 4.57 Å². The molecule has 0 atom stereocenters. The third-order valence-electron chi connectivity index (χ3n) is 3.57. The number of benzene rings is 1. The van der Waals surface area contributed by atoms with Crippen molar-refractivity contribution >= 4 is 0 Å². The van der Waals surface area contributed by atoms with E-state index in [2.05, 4.69) is 6.92 Å². The third-order valence-corrected chi connectivity index (χ3v) is 3.57. The van der Waals surface area contributed by atoms with Gasteiger partial charge in [0.15, 0.2) is 0 Å². The first kappa shape index (κ1) is 15.3. The molecule has 1 heterocycles. The lowest BCUT2D eigenvalue weighted by Crippen LogP contribution is -2.26. The molecule has 2 N–H and O–H groups in total. The molecule has 0 aliphatic carbocycles. The lowest BCUT2D eigenvalue weighted by molar-refractivity contribution is 0.415. The van der Waals surface area contributed by atoms with Crippen LogP contribution in [0.5, 0.6) is 5.75 Å². The van der Waals surface area contributed by atoms with Gasteiger partial charge in [0, 0.05) is 24.2 Å². The summed E-state index contributed by atoms with van der Waals surface area (Å²) in [6.45, 7) is 3.09. The summed E-state index contributed by atoms with van der Waals surface area (Å²) < 4.78 is 7.09. The maximum absolute atomic E-state index is 12.5. The van der Waals surface area contributed by atoms with Crippen LogP contribution in [0.3, 0.4) is 0 Å². The molecule has 0 fully saturated rings. The summed E-state index contributed by atoms with van der Waals surface area (Å²) in [5, 5.41) is 0. The molecule has 2 aromatic rings. The van der Waals surface area contributed by atoms with Crippen molar-refractivity contribution in [3.05, 3.63) is 52.3 Å². The average Bonchev–Trinajstić information content (AvgIpc) is 2.53. The Hall–Kier alpha value is -2.07. The Bertz CT molecular complexity index is 662. The second-order valence-corrected chi connectivity index (χ2v) is 4.99.